The average Bonchev–Trinajstić information content (AvgIpc) is 2.43. The SMILES string of the molecule is O=C(Nc1ccc(F)c(F)c1)c1ccc(F)c(S(=O)O)c1. The van der Waals surface area contributed by atoms with Gasteiger partial charge in [0.15, 0.2) is 22.7 Å². The van der Waals surface area contributed by atoms with Crippen molar-refractivity contribution in [2.24, 2.45) is 0 Å². The number of amides is 1. The first kappa shape index (κ1) is 15.2. The van der Waals surface area contributed by atoms with Crippen LogP contribution < -0.4 is 5.32 Å². The lowest BCUT2D eigenvalue weighted by atomic mass is 10.2. The first-order valence-electron chi connectivity index (χ1n) is 5.55. The Labute approximate surface area is 119 Å². The summed E-state index contributed by atoms with van der Waals surface area (Å²) in [4.78, 5) is 11.3. The van der Waals surface area contributed by atoms with E-state index in [1.165, 1.54) is 0 Å². The van der Waals surface area contributed by atoms with Crippen LogP contribution in [0.4, 0.5) is 18.9 Å². The van der Waals surface area contributed by atoms with Gasteiger partial charge in [0.05, 0.1) is 0 Å². The van der Waals surface area contributed by atoms with Crippen LogP contribution >= 0.6 is 0 Å². The first-order valence-corrected chi connectivity index (χ1v) is 6.66. The second-order valence-corrected chi connectivity index (χ2v) is 4.92. The van der Waals surface area contributed by atoms with Crippen LogP contribution in [0.25, 0.3) is 0 Å². The molecule has 1 atom stereocenters. The van der Waals surface area contributed by atoms with Gasteiger partial charge in [-0.05, 0) is 30.3 Å². The Hall–Kier alpha value is -2.19. The summed E-state index contributed by atoms with van der Waals surface area (Å²) in [6, 6.07) is 5.63. The van der Waals surface area contributed by atoms with Crippen molar-refractivity contribution >= 4 is 22.7 Å². The number of benzene rings is 2. The van der Waals surface area contributed by atoms with Crippen molar-refractivity contribution in [1.82, 2.24) is 0 Å². The summed E-state index contributed by atoms with van der Waals surface area (Å²) in [5.41, 5.74) is -0.103. The molecular weight excluding hydrogens is 307 g/mol. The highest BCUT2D eigenvalue weighted by molar-refractivity contribution is 7.79. The maximum atomic E-state index is 13.2. The third-order valence-corrected chi connectivity index (χ3v) is 3.25. The third-order valence-electron chi connectivity index (χ3n) is 2.56. The summed E-state index contributed by atoms with van der Waals surface area (Å²) in [5, 5.41) is 2.26. The molecule has 0 saturated carbocycles. The van der Waals surface area contributed by atoms with E-state index in [9.17, 15) is 22.2 Å². The summed E-state index contributed by atoms with van der Waals surface area (Å²) in [5.74, 6) is -3.88. The smallest absolute Gasteiger partial charge is 0.255 e. The molecule has 0 heterocycles. The van der Waals surface area contributed by atoms with Crippen LogP contribution in [0, 0.1) is 17.5 Å². The summed E-state index contributed by atoms with van der Waals surface area (Å²) < 4.78 is 58.8. The van der Waals surface area contributed by atoms with E-state index < -0.39 is 39.3 Å². The van der Waals surface area contributed by atoms with Crippen molar-refractivity contribution < 1.29 is 26.7 Å². The molecule has 0 saturated heterocycles. The Kier molecular flexibility index (Phi) is 4.39. The molecule has 2 N–H and O–H groups in total. The van der Waals surface area contributed by atoms with Crippen LogP contribution in [-0.4, -0.2) is 14.7 Å². The summed E-state index contributed by atoms with van der Waals surface area (Å²) in [6.07, 6.45) is 0. The molecule has 2 rings (SSSR count). The van der Waals surface area contributed by atoms with E-state index >= 15 is 0 Å². The van der Waals surface area contributed by atoms with Crippen LogP contribution in [0.1, 0.15) is 10.4 Å². The molecule has 0 aromatic heterocycles. The fraction of sp³-hybridized carbons (Fsp3) is 0. The number of hydrogen-bond acceptors (Lipinski definition) is 2. The van der Waals surface area contributed by atoms with E-state index in [0.29, 0.717) is 0 Å². The van der Waals surface area contributed by atoms with Gasteiger partial charge >= 0.3 is 0 Å². The van der Waals surface area contributed by atoms with Gasteiger partial charge in [0.25, 0.3) is 5.91 Å². The van der Waals surface area contributed by atoms with E-state index in [2.05, 4.69) is 5.32 Å². The van der Waals surface area contributed by atoms with Gasteiger partial charge in [0.1, 0.15) is 10.7 Å². The van der Waals surface area contributed by atoms with Gasteiger partial charge in [-0.25, -0.2) is 17.4 Å². The Balaban J connectivity index is 2.26. The second-order valence-electron chi connectivity index (χ2n) is 3.98. The van der Waals surface area contributed by atoms with Crippen molar-refractivity contribution in [3.05, 3.63) is 59.4 Å². The monoisotopic (exact) mass is 315 g/mol. The minimum absolute atomic E-state index is 0.00473. The highest BCUT2D eigenvalue weighted by Crippen LogP contribution is 2.17. The number of carbonyl (C=O) groups is 1. The number of anilines is 1. The van der Waals surface area contributed by atoms with Crippen molar-refractivity contribution in [3.8, 4) is 0 Å². The van der Waals surface area contributed by atoms with E-state index in [-0.39, 0.29) is 11.3 Å². The lowest BCUT2D eigenvalue weighted by molar-refractivity contribution is 0.102. The zero-order valence-corrected chi connectivity index (χ0v) is 11.1. The number of hydrogen-bond donors (Lipinski definition) is 2. The standard InChI is InChI=1S/C13H8F3NO3S/c14-9-4-2-8(6-11(9)16)17-13(18)7-1-3-10(15)12(5-7)21(19)20/h1-6H,(H,17,18)(H,19,20). The zero-order chi connectivity index (χ0) is 15.6. The van der Waals surface area contributed by atoms with E-state index in [0.717, 1.165) is 36.4 Å². The Bertz CT molecular complexity index is 737. The van der Waals surface area contributed by atoms with Crippen LogP contribution in [0.2, 0.25) is 0 Å². The zero-order valence-electron chi connectivity index (χ0n) is 10.3. The fourth-order valence-electron chi connectivity index (χ4n) is 1.56. The Morgan fingerprint density at radius 1 is 1.00 bits per heavy atom. The molecule has 2 aromatic carbocycles. The third kappa shape index (κ3) is 3.47. The molecule has 4 nitrogen and oxygen atoms in total. The molecule has 2 aromatic rings. The molecule has 8 heteroatoms. The highest BCUT2D eigenvalue weighted by Gasteiger charge is 2.14. The lowest BCUT2D eigenvalue weighted by Crippen LogP contribution is -2.13. The molecule has 0 aliphatic heterocycles. The molecule has 0 aliphatic rings. The topological polar surface area (TPSA) is 66.4 Å². The van der Waals surface area contributed by atoms with Crippen molar-refractivity contribution in [2.75, 3.05) is 5.32 Å². The lowest BCUT2D eigenvalue weighted by Gasteiger charge is -2.07. The predicted molar refractivity (Wildman–Crippen MR) is 69.7 cm³/mol. The van der Waals surface area contributed by atoms with Gasteiger partial charge in [-0.2, -0.15) is 0 Å². The van der Waals surface area contributed by atoms with E-state index in [1.54, 1.807) is 0 Å². The Morgan fingerprint density at radius 3 is 2.29 bits per heavy atom. The van der Waals surface area contributed by atoms with Gasteiger partial charge in [-0.1, -0.05) is 0 Å². The van der Waals surface area contributed by atoms with Crippen LogP contribution in [-0.2, 0) is 11.1 Å². The number of halogens is 3. The average molecular weight is 315 g/mol. The summed E-state index contributed by atoms with van der Waals surface area (Å²) in [7, 11) is 0. The number of carbonyl (C=O) groups excluding carboxylic acids is 1. The quantitative estimate of drug-likeness (QED) is 0.856. The molecule has 0 fully saturated rings. The van der Waals surface area contributed by atoms with Gasteiger partial charge in [0, 0.05) is 17.3 Å². The van der Waals surface area contributed by atoms with E-state index in [4.69, 9.17) is 4.55 Å². The minimum Gasteiger partial charge on any atom is -0.322 e. The maximum Gasteiger partial charge on any atom is 0.255 e. The van der Waals surface area contributed by atoms with Crippen LogP contribution in [0.3, 0.4) is 0 Å². The molecule has 0 radical (unpaired) electrons. The molecule has 0 aliphatic carbocycles. The van der Waals surface area contributed by atoms with Gasteiger partial charge < -0.3 is 9.87 Å². The number of nitrogens with one attached hydrogen (secondary N) is 1. The molecule has 0 spiro atoms. The first-order chi connectivity index (χ1) is 9.88. The van der Waals surface area contributed by atoms with Gasteiger partial charge in [-0.15, -0.1) is 0 Å². The predicted octanol–water partition coefficient (Wildman–Crippen LogP) is 2.94. The molecule has 0 bridgehead atoms. The van der Waals surface area contributed by atoms with Crippen molar-refractivity contribution in [1.29, 1.82) is 0 Å². The molecule has 1 unspecified atom stereocenters. The maximum absolute atomic E-state index is 13.2. The van der Waals surface area contributed by atoms with E-state index in [1.807, 2.05) is 0 Å². The minimum atomic E-state index is -2.59. The van der Waals surface area contributed by atoms with Gasteiger partial charge in [-0.3, -0.25) is 4.79 Å². The largest absolute Gasteiger partial charge is 0.322 e. The molecular formula is C13H8F3NO3S. The number of rotatable bonds is 3. The molecule has 110 valence electrons. The second kappa shape index (κ2) is 6.06. The molecule has 1 amide bonds. The summed E-state index contributed by atoms with van der Waals surface area (Å²) >= 11 is -2.59. The summed E-state index contributed by atoms with van der Waals surface area (Å²) in [6.45, 7) is 0. The molecule has 21 heavy (non-hydrogen) atoms. The van der Waals surface area contributed by atoms with Crippen molar-refractivity contribution in [3.63, 3.8) is 0 Å². The van der Waals surface area contributed by atoms with Crippen molar-refractivity contribution in [2.45, 2.75) is 4.90 Å². The highest BCUT2D eigenvalue weighted by atomic mass is 32.2. The fourth-order valence-corrected chi connectivity index (χ4v) is 2.02. The van der Waals surface area contributed by atoms with Gasteiger partial charge in [0.2, 0.25) is 0 Å². The van der Waals surface area contributed by atoms with Crippen LogP contribution in [0.5, 0.6) is 0 Å². The van der Waals surface area contributed by atoms with Crippen LogP contribution in [0.15, 0.2) is 41.3 Å². The normalized spacial score (nSPS) is 12.0. The Morgan fingerprint density at radius 2 is 1.67 bits per heavy atom.